The highest BCUT2D eigenvalue weighted by Gasteiger charge is 2.07. The predicted molar refractivity (Wildman–Crippen MR) is 47.2 cm³/mol. The Morgan fingerprint density at radius 1 is 1.67 bits per heavy atom. The number of nitrogens with zero attached hydrogens (tertiary/aromatic N) is 1. The van der Waals surface area contributed by atoms with E-state index >= 15 is 0 Å². The molecule has 1 aromatic heterocycles. The lowest BCUT2D eigenvalue weighted by Gasteiger charge is -1.95. The summed E-state index contributed by atoms with van der Waals surface area (Å²) < 4.78 is 0. The van der Waals surface area contributed by atoms with E-state index in [2.05, 4.69) is 16.8 Å². The van der Waals surface area contributed by atoms with Crippen LogP contribution < -0.4 is 0 Å². The van der Waals surface area contributed by atoms with E-state index in [1.807, 2.05) is 13.0 Å². The van der Waals surface area contributed by atoms with Gasteiger partial charge in [0.25, 0.3) is 0 Å². The Kier molecular flexibility index (Phi) is 2.80. The number of rotatable bonds is 4. The number of carbonyl (C=O) groups excluding carboxylic acids is 1. The van der Waals surface area contributed by atoms with Crippen molar-refractivity contribution in [2.24, 2.45) is 0 Å². The van der Waals surface area contributed by atoms with Crippen LogP contribution in [0.5, 0.6) is 0 Å². The smallest absolute Gasteiger partial charge is 0.170 e. The number of aromatic amines is 1. The van der Waals surface area contributed by atoms with Gasteiger partial charge in [0.15, 0.2) is 6.29 Å². The third-order valence-corrected chi connectivity index (χ3v) is 1.82. The van der Waals surface area contributed by atoms with Gasteiger partial charge in [0, 0.05) is 11.3 Å². The molecule has 0 radical (unpaired) electrons. The lowest BCUT2D eigenvalue weighted by molar-refractivity contribution is 0.111. The minimum Gasteiger partial charge on any atom is -0.296 e. The Morgan fingerprint density at radius 2 is 2.42 bits per heavy atom. The number of aryl methyl sites for hydroxylation is 1. The van der Waals surface area contributed by atoms with Crippen LogP contribution in [0.1, 0.15) is 28.2 Å². The fraction of sp³-hybridized carbons (Fsp3) is 0.333. The third-order valence-electron chi connectivity index (χ3n) is 1.82. The van der Waals surface area contributed by atoms with Crippen molar-refractivity contribution in [1.29, 1.82) is 0 Å². The maximum atomic E-state index is 10.5. The molecule has 1 rings (SSSR count). The van der Waals surface area contributed by atoms with Crippen LogP contribution in [-0.2, 0) is 6.42 Å². The monoisotopic (exact) mass is 164 g/mol. The summed E-state index contributed by atoms with van der Waals surface area (Å²) in [5.41, 5.74) is 2.50. The van der Waals surface area contributed by atoms with Gasteiger partial charge in [0.1, 0.15) is 5.69 Å². The Bertz CT molecular complexity index is 289. The highest BCUT2D eigenvalue weighted by atomic mass is 16.1. The molecule has 3 heteroatoms. The van der Waals surface area contributed by atoms with Crippen LogP contribution in [0, 0.1) is 6.92 Å². The second-order valence-electron chi connectivity index (χ2n) is 2.66. The number of H-pyrrole nitrogens is 1. The molecule has 1 heterocycles. The highest BCUT2D eigenvalue weighted by molar-refractivity contribution is 5.74. The van der Waals surface area contributed by atoms with Crippen molar-refractivity contribution in [1.82, 2.24) is 10.2 Å². The molecule has 64 valence electrons. The lowest BCUT2D eigenvalue weighted by atomic mass is 10.1. The summed E-state index contributed by atoms with van der Waals surface area (Å²) in [5.74, 6) is 0. The maximum absolute atomic E-state index is 10.5. The summed E-state index contributed by atoms with van der Waals surface area (Å²) in [5, 5.41) is 6.64. The van der Waals surface area contributed by atoms with Crippen molar-refractivity contribution in [2.75, 3.05) is 0 Å². The van der Waals surface area contributed by atoms with Crippen LogP contribution in [0.2, 0.25) is 0 Å². The number of nitrogens with one attached hydrogen (secondary N) is 1. The van der Waals surface area contributed by atoms with Gasteiger partial charge in [-0.2, -0.15) is 5.10 Å². The predicted octanol–water partition coefficient (Wildman–Crippen LogP) is 1.65. The quantitative estimate of drug-likeness (QED) is 0.543. The molecule has 0 spiro atoms. The Morgan fingerprint density at radius 3 is 3.00 bits per heavy atom. The Labute approximate surface area is 71.5 Å². The fourth-order valence-corrected chi connectivity index (χ4v) is 1.13. The van der Waals surface area contributed by atoms with Gasteiger partial charge in [-0.1, -0.05) is 6.08 Å². The van der Waals surface area contributed by atoms with Gasteiger partial charge in [0.2, 0.25) is 0 Å². The average molecular weight is 164 g/mol. The largest absolute Gasteiger partial charge is 0.296 e. The molecule has 0 aromatic carbocycles. The third kappa shape index (κ3) is 1.61. The van der Waals surface area contributed by atoms with Gasteiger partial charge in [-0.25, -0.2) is 0 Å². The summed E-state index contributed by atoms with van der Waals surface area (Å²) in [7, 11) is 0. The lowest BCUT2D eigenvalue weighted by Crippen LogP contribution is -1.90. The number of aromatic nitrogens is 2. The van der Waals surface area contributed by atoms with Crippen LogP contribution in [0.25, 0.3) is 0 Å². The zero-order valence-electron chi connectivity index (χ0n) is 7.13. The van der Waals surface area contributed by atoms with Crippen LogP contribution in [0.15, 0.2) is 12.7 Å². The van der Waals surface area contributed by atoms with E-state index in [1.165, 1.54) is 0 Å². The van der Waals surface area contributed by atoms with E-state index in [0.717, 1.165) is 30.4 Å². The van der Waals surface area contributed by atoms with E-state index in [4.69, 9.17) is 0 Å². The van der Waals surface area contributed by atoms with Crippen LogP contribution in [-0.4, -0.2) is 16.5 Å². The van der Waals surface area contributed by atoms with Crippen molar-refractivity contribution in [2.45, 2.75) is 19.8 Å². The fourth-order valence-electron chi connectivity index (χ4n) is 1.13. The van der Waals surface area contributed by atoms with Crippen molar-refractivity contribution in [3.05, 3.63) is 29.6 Å². The number of hydrogen-bond donors (Lipinski definition) is 1. The maximum Gasteiger partial charge on any atom is 0.170 e. The molecule has 0 aliphatic rings. The van der Waals surface area contributed by atoms with Crippen LogP contribution in [0.3, 0.4) is 0 Å². The molecule has 0 saturated heterocycles. The van der Waals surface area contributed by atoms with Crippen LogP contribution in [0.4, 0.5) is 0 Å². The number of hydrogen-bond acceptors (Lipinski definition) is 2. The molecule has 0 atom stereocenters. The van der Waals surface area contributed by atoms with Crippen molar-refractivity contribution >= 4 is 6.29 Å². The first-order chi connectivity index (χ1) is 5.79. The van der Waals surface area contributed by atoms with Gasteiger partial charge in [0.05, 0.1) is 0 Å². The molecule has 0 fully saturated rings. The zero-order chi connectivity index (χ0) is 8.97. The van der Waals surface area contributed by atoms with Gasteiger partial charge >= 0.3 is 0 Å². The Hall–Kier alpha value is -1.38. The molecule has 0 aliphatic heterocycles. The summed E-state index contributed by atoms with van der Waals surface area (Å²) in [6.07, 6.45) is 4.32. The van der Waals surface area contributed by atoms with E-state index in [9.17, 15) is 4.79 Å². The minimum absolute atomic E-state index is 0.523. The van der Waals surface area contributed by atoms with Gasteiger partial charge in [-0.05, 0) is 19.8 Å². The number of allylic oxidation sites excluding steroid dienone is 1. The summed E-state index contributed by atoms with van der Waals surface area (Å²) >= 11 is 0. The molecule has 1 N–H and O–H groups in total. The molecule has 0 unspecified atom stereocenters. The minimum atomic E-state index is 0.523. The molecule has 1 aromatic rings. The first-order valence-corrected chi connectivity index (χ1v) is 3.89. The normalized spacial score (nSPS) is 9.75. The van der Waals surface area contributed by atoms with Gasteiger partial charge in [-0.3, -0.25) is 9.89 Å². The molecule has 0 amide bonds. The summed E-state index contributed by atoms with van der Waals surface area (Å²) in [6.45, 7) is 5.54. The second kappa shape index (κ2) is 3.85. The van der Waals surface area contributed by atoms with Crippen molar-refractivity contribution in [3.8, 4) is 0 Å². The Balaban J connectivity index is 2.85. The number of carbonyl (C=O) groups is 1. The molecular formula is C9H12N2O. The zero-order valence-corrected chi connectivity index (χ0v) is 7.13. The van der Waals surface area contributed by atoms with E-state index in [1.54, 1.807) is 0 Å². The molecule has 0 aliphatic carbocycles. The topological polar surface area (TPSA) is 45.8 Å². The molecular weight excluding hydrogens is 152 g/mol. The average Bonchev–Trinajstić information content (AvgIpc) is 2.43. The van der Waals surface area contributed by atoms with Crippen molar-refractivity contribution in [3.63, 3.8) is 0 Å². The summed E-state index contributed by atoms with van der Waals surface area (Å²) in [4.78, 5) is 10.5. The van der Waals surface area contributed by atoms with E-state index in [-0.39, 0.29) is 0 Å². The molecule has 12 heavy (non-hydrogen) atoms. The summed E-state index contributed by atoms with van der Waals surface area (Å²) in [6, 6.07) is 0. The van der Waals surface area contributed by atoms with Crippen LogP contribution >= 0.6 is 0 Å². The molecule has 3 nitrogen and oxygen atoms in total. The molecule has 0 saturated carbocycles. The first-order valence-electron chi connectivity index (χ1n) is 3.89. The standard InChI is InChI=1S/C9H12N2O/c1-3-4-5-8-7(2)10-11-9(8)6-12/h3,6H,1,4-5H2,2H3,(H,10,11). The van der Waals surface area contributed by atoms with E-state index < -0.39 is 0 Å². The van der Waals surface area contributed by atoms with Gasteiger partial charge in [-0.15, -0.1) is 6.58 Å². The highest BCUT2D eigenvalue weighted by Crippen LogP contribution is 2.10. The van der Waals surface area contributed by atoms with Crippen molar-refractivity contribution < 1.29 is 4.79 Å². The number of aldehydes is 1. The van der Waals surface area contributed by atoms with Gasteiger partial charge < -0.3 is 0 Å². The molecule has 0 bridgehead atoms. The second-order valence-corrected chi connectivity index (χ2v) is 2.66. The first kappa shape index (κ1) is 8.71. The SMILES string of the molecule is C=CCCc1c(C=O)n[nH]c1C. The van der Waals surface area contributed by atoms with E-state index in [0.29, 0.717) is 5.69 Å².